The summed E-state index contributed by atoms with van der Waals surface area (Å²) in [6.45, 7) is 0.221. The highest BCUT2D eigenvalue weighted by molar-refractivity contribution is 7.99. The number of carbonyl (C=O) groups is 2. The fourth-order valence-electron chi connectivity index (χ4n) is 2.60. The molecule has 2 aromatic carbocycles. The molecule has 0 saturated carbocycles. The topological polar surface area (TPSA) is 105 Å². The smallest absolute Gasteiger partial charge is 0.337 e. The van der Waals surface area contributed by atoms with E-state index in [9.17, 15) is 9.59 Å². The van der Waals surface area contributed by atoms with Crippen molar-refractivity contribution in [1.82, 2.24) is 14.8 Å². The molecule has 1 aromatic heterocycles. The number of rotatable bonds is 9. The second kappa shape index (κ2) is 10.9. The third-order valence-corrected chi connectivity index (χ3v) is 5.70. The number of amides is 1. The Bertz CT molecular complexity index is 1100. The van der Waals surface area contributed by atoms with Crippen LogP contribution in [0, 0.1) is 0 Å². The zero-order valence-corrected chi connectivity index (χ0v) is 19.2. The number of benzene rings is 2. The molecule has 0 radical (unpaired) electrons. The first-order chi connectivity index (χ1) is 15.4. The number of methoxy groups -OCH3 is 2. The van der Waals surface area contributed by atoms with Crippen LogP contribution < -0.4 is 14.8 Å². The summed E-state index contributed by atoms with van der Waals surface area (Å²) >= 11 is 7.33. The van der Waals surface area contributed by atoms with Crippen LogP contribution in [0.2, 0.25) is 5.02 Å². The summed E-state index contributed by atoms with van der Waals surface area (Å²) in [5, 5.41) is 11.8. The minimum atomic E-state index is -0.519. The lowest BCUT2D eigenvalue weighted by Crippen LogP contribution is -2.15. The van der Waals surface area contributed by atoms with Crippen LogP contribution in [0.3, 0.4) is 0 Å². The zero-order valence-electron chi connectivity index (χ0n) is 17.6. The number of esters is 1. The van der Waals surface area contributed by atoms with E-state index in [4.69, 9.17) is 21.1 Å². The van der Waals surface area contributed by atoms with E-state index in [1.807, 2.05) is 0 Å². The molecule has 3 rings (SSSR count). The summed E-state index contributed by atoms with van der Waals surface area (Å²) in [7, 11) is 4.68. The molecule has 168 valence electrons. The van der Waals surface area contributed by atoms with Crippen molar-refractivity contribution in [3.63, 3.8) is 0 Å². The van der Waals surface area contributed by atoms with Gasteiger partial charge in [0.05, 0.1) is 36.2 Å². The van der Waals surface area contributed by atoms with E-state index >= 15 is 0 Å². The maximum absolute atomic E-state index is 12.4. The lowest BCUT2D eigenvalue weighted by atomic mass is 10.2. The molecule has 32 heavy (non-hydrogen) atoms. The molecule has 1 heterocycles. The van der Waals surface area contributed by atoms with E-state index in [0.29, 0.717) is 27.4 Å². The molecule has 0 atom stereocenters. The largest absolute Gasteiger partial charge is 0.497 e. The molecular formula is C21H21ClN4O5S. The third-order valence-electron chi connectivity index (χ3n) is 4.35. The molecule has 11 heteroatoms. The summed E-state index contributed by atoms with van der Waals surface area (Å²) in [6.07, 6.45) is 0. The van der Waals surface area contributed by atoms with Gasteiger partial charge in [-0.1, -0.05) is 23.4 Å². The molecule has 9 nitrogen and oxygen atoms in total. The van der Waals surface area contributed by atoms with Gasteiger partial charge in [0, 0.05) is 7.05 Å². The number of thioether (sulfide) groups is 1. The van der Waals surface area contributed by atoms with Gasteiger partial charge < -0.3 is 24.1 Å². The molecule has 0 aliphatic carbocycles. The summed E-state index contributed by atoms with van der Waals surface area (Å²) in [5.41, 5.74) is 0.612. The Morgan fingerprint density at radius 1 is 1.09 bits per heavy atom. The number of aromatic nitrogens is 3. The summed E-state index contributed by atoms with van der Waals surface area (Å²) < 4.78 is 17.3. The maximum Gasteiger partial charge on any atom is 0.337 e. The van der Waals surface area contributed by atoms with Gasteiger partial charge in [-0.3, -0.25) is 4.79 Å². The highest BCUT2D eigenvalue weighted by Gasteiger charge is 2.14. The molecule has 0 aliphatic heterocycles. The van der Waals surface area contributed by atoms with Gasteiger partial charge in [-0.25, -0.2) is 4.79 Å². The van der Waals surface area contributed by atoms with E-state index in [2.05, 4.69) is 20.3 Å². The third kappa shape index (κ3) is 5.92. The van der Waals surface area contributed by atoms with Crippen LogP contribution in [0.25, 0.3) is 0 Å². The van der Waals surface area contributed by atoms with Crippen LogP contribution in [0.15, 0.2) is 47.6 Å². The first-order valence-electron chi connectivity index (χ1n) is 9.37. The minimum absolute atomic E-state index is 0.0735. The maximum atomic E-state index is 12.4. The number of nitrogens with zero attached hydrogens (tertiary/aromatic N) is 3. The Kier molecular flexibility index (Phi) is 7.96. The van der Waals surface area contributed by atoms with Gasteiger partial charge >= 0.3 is 5.97 Å². The molecule has 0 spiro atoms. The Labute approximate surface area is 194 Å². The van der Waals surface area contributed by atoms with Crippen LogP contribution in [0.5, 0.6) is 11.5 Å². The van der Waals surface area contributed by atoms with E-state index in [1.165, 1.54) is 37.1 Å². The number of carbonyl (C=O) groups excluding carboxylic acids is 2. The van der Waals surface area contributed by atoms with Gasteiger partial charge in [-0.15, -0.1) is 10.2 Å². The average molecular weight is 477 g/mol. The van der Waals surface area contributed by atoms with Crippen molar-refractivity contribution in [3.8, 4) is 11.5 Å². The number of hydrogen-bond acceptors (Lipinski definition) is 8. The Hall–Kier alpha value is -3.24. The average Bonchev–Trinajstić information content (AvgIpc) is 3.16. The van der Waals surface area contributed by atoms with Crippen LogP contribution in [-0.2, 0) is 23.2 Å². The monoisotopic (exact) mass is 476 g/mol. The van der Waals surface area contributed by atoms with Gasteiger partial charge in [0.25, 0.3) is 0 Å². The molecule has 3 aromatic rings. The molecule has 0 unspecified atom stereocenters. The van der Waals surface area contributed by atoms with Crippen LogP contribution in [0.1, 0.15) is 16.2 Å². The number of hydrogen-bond donors (Lipinski definition) is 1. The number of anilines is 1. The van der Waals surface area contributed by atoms with Gasteiger partial charge in [-0.05, 0) is 42.5 Å². The highest BCUT2D eigenvalue weighted by atomic mass is 35.5. The first-order valence-corrected chi connectivity index (χ1v) is 10.7. The summed E-state index contributed by atoms with van der Waals surface area (Å²) in [6, 6.07) is 11.7. The quantitative estimate of drug-likeness (QED) is 0.369. The van der Waals surface area contributed by atoms with Crippen molar-refractivity contribution in [1.29, 1.82) is 0 Å². The lowest BCUT2D eigenvalue weighted by Gasteiger charge is -2.09. The Morgan fingerprint density at radius 2 is 1.81 bits per heavy atom. The van der Waals surface area contributed by atoms with Crippen LogP contribution >= 0.6 is 23.4 Å². The predicted octanol–water partition coefficient (Wildman–Crippen LogP) is 3.57. The van der Waals surface area contributed by atoms with Crippen molar-refractivity contribution >= 4 is 40.9 Å². The normalized spacial score (nSPS) is 10.5. The molecule has 0 fully saturated rings. The van der Waals surface area contributed by atoms with Crippen LogP contribution in [0.4, 0.5) is 5.69 Å². The van der Waals surface area contributed by atoms with Gasteiger partial charge in [0.1, 0.15) is 18.1 Å². The van der Waals surface area contributed by atoms with Crippen molar-refractivity contribution in [2.75, 3.05) is 25.3 Å². The number of halogens is 1. The first kappa shape index (κ1) is 23.4. The van der Waals surface area contributed by atoms with Gasteiger partial charge in [0.2, 0.25) is 5.91 Å². The molecule has 0 bridgehead atoms. The number of ether oxygens (including phenoxy) is 3. The SMILES string of the molecule is COC(=O)c1ccc(Cl)c(NC(=O)CSc2nnc(COc3ccc(OC)cc3)n2C)c1. The van der Waals surface area contributed by atoms with Crippen molar-refractivity contribution in [2.45, 2.75) is 11.8 Å². The van der Waals surface area contributed by atoms with E-state index in [1.54, 1.807) is 43.0 Å². The molecule has 0 aliphatic rings. The highest BCUT2D eigenvalue weighted by Crippen LogP contribution is 2.25. The molecule has 1 N–H and O–H groups in total. The standard InChI is InChI=1S/C21H21ClN4O5S/c1-26-18(11-31-15-7-5-14(29-2)6-8-15)24-25-21(26)32-12-19(27)23-17-10-13(20(28)30-3)4-9-16(17)22/h4-10H,11-12H2,1-3H3,(H,23,27). The lowest BCUT2D eigenvalue weighted by molar-refractivity contribution is -0.113. The molecule has 1 amide bonds. The van der Waals surface area contributed by atoms with E-state index in [-0.39, 0.29) is 23.8 Å². The second-order valence-electron chi connectivity index (χ2n) is 6.45. The summed E-state index contributed by atoms with van der Waals surface area (Å²) in [5.74, 6) is 1.27. The second-order valence-corrected chi connectivity index (χ2v) is 7.79. The van der Waals surface area contributed by atoms with Crippen molar-refractivity contribution in [2.24, 2.45) is 7.05 Å². The fraction of sp³-hybridized carbons (Fsp3) is 0.238. The zero-order chi connectivity index (χ0) is 23.1. The number of nitrogens with one attached hydrogen (secondary N) is 1. The Morgan fingerprint density at radius 3 is 2.50 bits per heavy atom. The molecule has 0 saturated heterocycles. The Balaban J connectivity index is 1.55. The fourth-order valence-corrected chi connectivity index (χ4v) is 3.49. The summed E-state index contributed by atoms with van der Waals surface area (Å²) in [4.78, 5) is 24.0. The van der Waals surface area contributed by atoms with Crippen molar-refractivity contribution < 1.29 is 23.8 Å². The van der Waals surface area contributed by atoms with E-state index in [0.717, 1.165) is 5.75 Å². The molecular weight excluding hydrogens is 456 g/mol. The van der Waals surface area contributed by atoms with Gasteiger partial charge in [0.15, 0.2) is 11.0 Å². The van der Waals surface area contributed by atoms with Gasteiger partial charge in [-0.2, -0.15) is 0 Å². The van der Waals surface area contributed by atoms with Crippen molar-refractivity contribution in [3.05, 3.63) is 58.9 Å². The predicted molar refractivity (Wildman–Crippen MR) is 120 cm³/mol. The van der Waals surface area contributed by atoms with E-state index < -0.39 is 5.97 Å². The minimum Gasteiger partial charge on any atom is -0.497 e. The van der Waals surface area contributed by atoms with Crippen LogP contribution in [-0.4, -0.2) is 46.6 Å².